The predicted molar refractivity (Wildman–Crippen MR) is 90.8 cm³/mol. The summed E-state index contributed by atoms with van der Waals surface area (Å²) in [6.07, 6.45) is 0. The monoisotopic (exact) mass is 350 g/mol. The van der Waals surface area contributed by atoms with Crippen molar-refractivity contribution < 1.29 is 17.6 Å². The van der Waals surface area contributed by atoms with Gasteiger partial charge in [0.2, 0.25) is 15.9 Å². The van der Waals surface area contributed by atoms with E-state index < -0.39 is 21.7 Å². The minimum Gasteiger partial charge on any atom is -0.325 e. The summed E-state index contributed by atoms with van der Waals surface area (Å²) in [4.78, 5) is 12.1. The molecule has 0 saturated carbocycles. The first-order chi connectivity index (χ1) is 11.2. The number of sulfonamides is 1. The molecule has 1 N–H and O–H groups in total. The van der Waals surface area contributed by atoms with Crippen molar-refractivity contribution in [2.75, 3.05) is 18.9 Å². The van der Waals surface area contributed by atoms with Gasteiger partial charge in [0.25, 0.3) is 0 Å². The zero-order valence-corrected chi connectivity index (χ0v) is 14.5. The Hall–Kier alpha value is -2.25. The summed E-state index contributed by atoms with van der Waals surface area (Å²) in [5.41, 5.74) is 2.60. The standard InChI is InChI=1S/C17H19FN2O3S/c1-12-5-4-6-16(13(12)2)19-17(21)11-20(3)24(22,23)15-9-7-14(18)8-10-15/h4-10H,11H2,1-3H3,(H,19,21). The average Bonchev–Trinajstić information content (AvgIpc) is 2.52. The summed E-state index contributed by atoms with van der Waals surface area (Å²) in [6.45, 7) is 3.47. The van der Waals surface area contributed by atoms with Crippen LogP contribution in [0, 0.1) is 19.7 Å². The number of hydrogen-bond acceptors (Lipinski definition) is 3. The summed E-state index contributed by atoms with van der Waals surface area (Å²) in [5.74, 6) is -0.971. The van der Waals surface area contributed by atoms with E-state index in [9.17, 15) is 17.6 Å². The number of benzene rings is 2. The fourth-order valence-corrected chi connectivity index (χ4v) is 3.28. The number of hydrogen-bond donors (Lipinski definition) is 1. The van der Waals surface area contributed by atoms with Crippen LogP contribution in [0.5, 0.6) is 0 Å². The highest BCUT2D eigenvalue weighted by Gasteiger charge is 2.23. The molecule has 0 heterocycles. The van der Waals surface area contributed by atoms with Crippen molar-refractivity contribution in [1.82, 2.24) is 4.31 Å². The Kier molecular flexibility index (Phi) is 5.36. The molecule has 24 heavy (non-hydrogen) atoms. The van der Waals surface area contributed by atoms with Crippen molar-refractivity contribution in [3.8, 4) is 0 Å². The fourth-order valence-electron chi connectivity index (χ4n) is 2.15. The number of aryl methyl sites for hydroxylation is 1. The first-order valence-corrected chi connectivity index (χ1v) is 8.74. The second-order valence-corrected chi connectivity index (χ2v) is 7.56. The van der Waals surface area contributed by atoms with E-state index >= 15 is 0 Å². The second kappa shape index (κ2) is 7.11. The van der Waals surface area contributed by atoms with E-state index in [4.69, 9.17) is 0 Å². The zero-order chi connectivity index (χ0) is 17.9. The third-order valence-corrected chi connectivity index (χ3v) is 5.58. The highest BCUT2D eigenvalue weighted by Crippen LogP contribution is 2.19. The smallest absolute Gasteiger partial charge is 0.243 e. The second-order valence-electron chi connectivity index (χ2n) is 5.51. The molecule has 0 radical (unpaired) electrons. The van der Waals surface area contributed by atoms with E-state index in [0.29, 0.717) is 5.69 Å². The van der Waals surface area contributed by atoms with Crippen LogP contribution in [0.2, 0.25) is 0 Å². The lowest BCUT2D eigenvalue weighted by Crippen LogP contribution is -2.35. The van der Waals surface area contributed by atoms with E-state index in [0.717, 1.165) is 27.6 Å². The van der Waals surface area contributed by atoms with Gasteiger partial charge >= 0.3 is 0 Å². The number of likely N-dealkylation sites (N-methyl/N-ethyl adjacent to an activating group) is 1. The largest absolute Gasteiger partial charge is 0.325 e. The molecular weight excluding hydrogens is 331 g/mol. The molecule has 0 atom stereocenters. The van der Waals surface area contributed by atoms with Gasteiger partial charge in [-0.05, 0) is 55.3 Å². The minimum atomic E-state index is -3.86. The van der Waals surface area contributed by atoms with Crippen LogP contribution in [0.4, 0.5) is 10.1 Å². The maximum Gasteiger partial charge on any atom is 0.243 e. The van der Waals surface area contributed by atoms with Crippen LogP contribution in [0.25, 0.3) is 0 Å². The quantitative estimate of drug-likeness (QED) is 0.902. The molecule has 0 aromatic heterocycles. The van der Waals surface area contributed by atoms with Gasteiger partial charge in [0.15, 0.2) is 0 Å². The summed E-state index contributed by atoms with van der Waals surface area (Å²) >= 11 is 0. The van der Waals surface area contributed by atoms with Gasteiger partial charge in [-0.15, -0.1) is 0 Å². The SMILES string of the molecule is Cc1cccc(NC(=O)CN(C)S(=O)(=O)c2ccc(F)cc2)c1C. The maximum absolute atomic E-state index is 12.9. The Morgan fingerprint density at radius 3 is 2.38 bits per heavy atom. The summed E-state index contributed by atoms with van der Waals surface area (Å²) in [5, 5.41) is 2.71. The third kappa shape index (κ3) is 3.98. The molecule has 0 aliphatic rings. The van der Waals surface area contributed by atoms with Gasteiger partial charge in [0, 0.05) is 12.7 Å². The molecular formula is C17H19FN2O3S. The van der Waals surface area contributed by atoms with Crippen molar-refractivity contribution in [1.29, 1.82) is 0 Å². The molecule has 0 aliphatic carbocycles. The lowest BCUT2D eigenvalue weighted by Gasteiger charge is -2.17. The van der Waals surface area contributed by atoms with Crippen molar-refractivity contribution in [3.05, 3.63) is 59.4 Å². The van der Waals surface area contributed by atoms with Crippen molar-refractivity contribution in [2.24, 2.45) is 0 Å². The number of halogens is 1. The van der Waals surface area contributed by atoms with Gasteiger partial charge in [-0.2, -0.15) is 4.31 Å². The number of nitrogens with zero attached hydrogens (tertiary/aromatic N) is 1. The molecule has 5 nitrogen and oxygen atoms in total. The van der Waals surface area contributed by atoms with Crippen LogP contribution in [-0.4, -0.2) is 32.2 Å². The number of rotatable bonds is 5. The Labute approximate surface area is 141 Å². The lowest BCUT2D eigenvalue weighted by atomic mass is 10.1. The molecule has 2 rings (SSSR count). The molecule has 2 aromatic carbocycles. The van der Waals surface area contributed by atoms with Crippen LogP contribution in [0.1, 0.15) is 11.1 Å². The van der Waals surface area contributed by atoms with Gasteiger partial charge in [-0.25, -0.2) is 12.8 Å². The fraction of sp³-hybridized carbons (Fsp3) is 0.235. The molecule has 7 heteroatoms. The number of nitrogens with one attached hydrogen (secondary N) is 1. The molecule has 0 spiro atoms. The normalized spacial score (nSPS) is 11.5. The molecule has 0 bridgehead atoms. The Balaban J connectivity index is 2.10. The first kappa shape index (κ1) is 18.1. The molecule has 0 aliphatic heterocycles. The van der Waals surface area contributed by atoms with Crippen LogP contribution in [0.3, 0.4) is 0 Å². The Morgan fingerprint density at radius 1 is 1.12 bits per heavy atom. The zero-order valence-electron chi connectivity index (χ0n) is 13.7. The predicted octanol–water partition coefficient (Wildman–Crippen LogP) is 2.70. The van der Waals surface area contributed by atoms with Crippen molar-refractivity contribution in [2.45, 2.75) is 18.7 Å². The third-order valence-electron chi connectivity index (χ3n) is 3.77. The highest BCUT2D eigenvalue weighted by atomic mass is 32.2. The number of carbonyl (C=O) groups excluding carboxylic acids is 1. The van der Waals surface area contributed by atoms with Crippen LogP contribution >= 0.6 is 0 Å². The molecule has 1 amide bonds. The topological polar surface area (TPSA) is 66.5 Å². The van der Waals surface area contributed by atoms with Gasteiger partial charge in [-0.3, -0.25) is 4.79 Å². The van der Waals surface area contributed by atoms with Gasteiger partial charge in [0.1, 0.15) is 5.82 Å². The average molecular weight is 350 g/mol. The molecule has 0 unspecified atom stereocenters. The summed E-state index contributed by atoms with van der Waals surface area (Å²) < 4.78 is 38.6. The van der Waals surface area contributed by atoms with Gasteiger partial charge in [0.05, 0.1) is 11.4 Å². The Bertz CT molecular complexity index is 849. The highest BCUT2D eigenvalue weighted by molar-refractivity contribution is 7.89. The Morgan fingerprint density at radius 2 is 1.75 bits per heavy atom. The van der Waals surface area contributed by atoms with E-state index in [2.05, 4.69) is 5.32 Å². The lowest BCUT2D eigenvalue weighted by molar-refractivity contribution is -0.116. The van der Waals surface area contributed by atoms with Crippen LogP contribution in [-0.2, 0) is 14.8 Å². The van der Waals surface area contributed by atoms with Gasteiger partial charge in [-0.1, -0.05) is 12.1 Å². The van der Waals surface area contributed by atoms with E-state index in [1.165, 1.54) is 19.2 Å². The first-order valence-electron chi connectivity index (χ1n) is 7.30. The summed E-state index contributed by atoms with van der Waals surface area (Å²) in [7, 11) is -2.55. The van der Waals surface area contributed by atoms with E-state index in [1.807, 2.05) is 26.0 Å². The molecule has 128 valence electrons. The van der Waals surface area contributed by atoms with Crippen LogP contribution in [0.15, 0.2) is 47.4 Å². The minimum absolute atomic E-state index is 0.0639. The number of anilines is 1. The van der Waals surface area contributed by atoms with Gasteiger partial charge < -0.3 is 5.32 Å². The molecule has 0 fully saturated rings. The van der Waals surface area contributed by atoms with Crippen molar-refractivity contribution >= 4 is 21.6 Å². The van der Waals surface area contributed by atoms with Crippen molar-refractivity contribution in [3.63, 3.8) is 0 Å². The van der Waals surface area contributed by atoms with Crippen LogP contribution < -0.4 is 5.32 Å². The van der Waals surface area contributed by atoms with E-state index in [-0.39, 0.29) is 11.4 Å². The number of carbonyl (C=O) groups is 1. The number of amides is 1. The maximum atomic E-state index is 12.9. The van der Waals surface area contributed by atoms with E-state index in [1.54, 1.807) is 6.07 Å². The molecule has 2 aromatic rings. The summed E-state index contributed by atoms with van der Waals surface area (Å²) in [6, 6.07) is 9.98. The molecule has 0 saturated heterocycles.